The lowest BCUT2D eigenvalue weighted by Gasteiger charge is -2.06. The first-order valence-corrected chi connectivity index (χ1v) is 7.53. The summed E-state index contributed by atoms with van der Waals surface area (Å²) in [5.74, 6) is -2.67. The van der Waals surface area contributed by atoms with Crippen molar-refractivity contribution < 1.29 is 24.5 Å². The highest BCUT2D eigenvalue weighted by Gasteiger charge is 2.10. The Labute approximate surface area is 126 Å². The molecule has 21 heavy (non-hydrogen) atoms. The van der Waals surface area contributed by atoms with E-state index in [1.54, 1.807) is 6.92 Å². The molecule has 0 heterocycles. The Kier molecular flexibility index (Phi) is 11.0. The lowest BCUT2D eigenvalue weighted by Crippen LogP contribution is -2.08. The number of allylic oxidation sites excluding steroid dienone is 2. The van der Waals surface area contributed by atoms with Gasteiger partial charge in [-0.15, -0.1) is 0 Å². The predicted octanol–water partition coefficient (Wildman–Crippen LogP) is 3.75. The normalized spacial score (nSPS) is 12.3. The average molecular weight is 298 g/mol. The first-order chi connectivity index (χ1) is 10.0. The number of esters is 1. The molecule has 2 N–H and O–H groups in total. The van der Waals surface area contributed by atoms with Gasteiger partial charge < -0.3 is 14.9 Å². The molecule has 0 rings (SSSR count). The first-order valence-electron chi connectivity index (χ1n) is 7.53. The lowest BCUT2D eigenvalue weighted by atomic mass is 10.0. The largest absolute Gasteiger partial charge is 0.502 e. The van der Waals surface area contributed by atoms with Crippen LogP contribution in [-0.2, 0) is 14.3 Å². The number of aliphatic hydroxyl groups is 1. The van der Waals surface area contributed by atoms with Crippen molar-refractivity contribution in [3.63, 3.8) is 0 Å². The lowest BCUT2D eigenvalue weighted by molar-refractivity contribution is -0.139. The van der Waals surface area contributed by atoms with Gasteiger partial charge >= 0.3 is 11.9 Å². The van der Waals surface area contributed by atoms with Crippen LogP contribution in [0.2, 0.25) is 0 Å². The van der Waals surface area contributed by atoms with E-state index in [0.717, 1.165) is 25.3 Å². The summed E-state index contributed by atoms with van der Waals surface area (Å²) in [4.78, 5) is 22.2. The maximum Gasteiger partial charge on any atom is 0.370 e. The smallest absolute Gasteiger partial charge is 0.370 e. The molecule has 0 bridgehead atoms. The van der Waals surface area contributed by atoms with Gasteiger partial charge in [0.15, 0.2) is 0 Å². The molecule has 0 aromatic heterocycles. The fourth-order valence-electron chi connectivity index (χ4n) is 1.82. The van der Waals surface area contributed by atoms with Crippen LogP contribution in [0.3, 0.4) is 0 Å². The van der Waals surface area contributed by atoms with E-state index in [4.69, 9.17) is 14.9 Å². The Bertz CT molecular complexity index is 382. The summed E-state index contributed by atoms with van der Waals surface area (Å²) in [6.45, 7) is 4.13. The SMILES string of the molecule is CCCCCCCCC(=CC=C(O)C(=O)O)C(=O)OCC. The summed E-state index contributed by atoms with van der Waals surface area (Å²) in [7, 11) is 0. The topological polar surface area (TPSA) is 83.8 Å². The van der Waals surface area contributed by atoms with Gasteiger partial charge in [-0.25, -0.2) is 9.59 Å². The minimum absolute atomic E-state index is 0.265. The Hall–Kier alpha value is -1.78. The van der Waals surface area contributed by atoms with E-state index in [1.165, 1.54) is 25.3 Å². The Morgan fingerprint density at radius 1 is 0.952 bits per heavy atom. The summed E-state index contributed by atoms with van der Waals surface area (Å²) in [6.07, 6.45) is 9.45. The highest BCUT2D eigenvalue weighted by Crippen LogP contribution is 2.14. The molecule has 120 valence electrons. The second-order valence-electron chi connectivity index (χ2n) is 4.79. The van der Waals surface area contributed by atoms with E-state index >= 15 is 0 Å². The summed E-state index contributed by atoms with van der Waals surface area (Å²) in [6, 6.07) is 0. The molecule has 0 aromatic rings. The first kappa shape index (κ1) is 19.2. The third-order valence-electron chi connectivity index (χ3n) is 3.00. The number of aliphatic carboxylic acids is 1. The van der Waals surface area contributed by atoms with E-state index in [-0.39, 0.29) is 6.61 Å². The molecule has 5 nitrogen and oxygen atoms in total. The molecule has 0 saturated heterocycles. The molecule has 0 aliphatic carbocycles. The highest BCUT2D eigenvalue weighted by molar-refractivity contribution is 5.89. The van der Waals surface area contributed by atoms with Crippen LogP contribution in [0.25, 0.3) is 0 Å². The maximum absolute atomic E-state index is 11.7. The number of carboxylic acids is 1. The average Bonchev–Trinajstić information content (AvgIpc) is 2.45. The molecular weight excluding hydrogens is 272 g/mol. The van der Waals surface area contributed by atoms with Crippen LogP contribution in [0.15, 0.2) is 23.5 Å². The molecule has 0 fully saturated rings. The van der Waals surface area contributed by atoms with Crippen LogP contribution in [0.1, 0.15) is 58.8 Å². The van der Waals surface area contributed by atoms with Crippen molar-refractivity contribution in [2.75, 3.05) is 6.61 Å². The fraction of sp³-hybridized carbons (Fsp3) is 0.625. The molecule has 0 amide bonds. The second kappa shape index (κ2) is 12.0. The molecule has 5 heteroatoms. The highest BCUT2D eigenvalue weighted by atomic mass is 16.5. The number of carbonyl (C=O) groups is 2. The molecule has 0 atom stereocenters. The van der Waals surface area contributed by atoms with Crippen molar-refractivity contribution >= 4 is 11.9 Å². The molecule has 0 unspecified atom stereocenters. The zero-order chi connectivity index (χ0) is 16.1. The van der Waals surface area contributed by atoms with E-state index in [0.29, 0.717) is 12.0 Å². The van der Waals surface area contributed by atoms with E-state index in [2.05, 4.69) is 6.92 Å². The van der Waals surface area contributed by atoms with Crippen molar-refractivity contribution in [1.82, 2.24) is 0 Å². The van der Waals surface area contributed by atoms with Gasteiger partial charge in [0.05, 0.1) is 6.61 Å². The van der Waals surface area contributed by atoms with Crippen LogP contribution in [-0.4, -0.2) is 28.8 Å². The second-order valence-corrected chi connectivity index (χ2v) is 4.79. The van der Waals surface area contributed by atoms with E-state index in [9.17, 15) is 9.59 Å². The van der Waals surface area contributed by atoms with Gasteiger partial charge in [0, 0.05) is 5.57 Å². The summed E-state index contributed by atoms with van der Waals surface area (Å²) < 4.78 is 4.93. The molecule has 0 aliphatic heterocycles. The van der Waals surface area contributed by atoms with Crippen molar-refractivity contribution in [2.45, 2.75) is 58.8 Å². The third-order valence-corrected chi connectivity index (χ3v) is 3.00. The van der Waals surface area contributed by atoms with Crippen LogP contribution < -0.4 is 0 Å². The van der Waals surface area contributed by atoms with Crippen LogP contribution >= 0.6 is 0 Å². The van der Waals surface area contributed by atoms with E-state index < -0.39 is 17.7 Å². The minimum Gasteiger partial charge on any atom is -0.502 e. The number of ether oxygens (including phenoxy) is 1. The van der Waals surface area contributed by atoms with Crippen molar-refractivity contribution in [2.24, 2.45) is 0 Å². The van der Waals surface area contributed by atoms with Crippen LogP contribution in [0.4, 0.5) is 0 Å². The number of carboxylic acid groups (broad SMARTS) is 1. The number of hydrogen-bond donors (Lipinski definition) is 2. The van der Waals surface area contributed by atoms with E-state index in [1.807, 2.05) is 0 Å². The van der Waals surface area contributed by atoms with Gasteiger partial charge in [-0.1, -0.05) is 39.0 Å². The van der Waals surface area contributed by atoms with Gasteiger partial charge in [-0.05, 0) is 31.9 Å². The number of aliphatic hydroxyl groups excluding tert-OH is 1. The monoisotopic (exact) mass is 298 g/mol. The molecule has 0 saturated carbocycles. The maximum atomic E-state index is 11.7. The number of hydrogen-bond acceptors (Lipinski definition) is 4. The van der Waals surface area contributed by atoms with Gasteiger partial charge in [-0.2, -0.15) is 0 Å². The van der Waals surface area contributed by atoms with Gasteiger partial charge in [0.25, 0.3) is 0 Å². The molecule has 0 aromatic carbocycles. The van der Waals surface area contributed by atoms with Gasteiger partial charge in [0.2, 0.25) is 5.76 Å². The standard InChI is InChI=1S/C16H26O5/c1-3-5-6-7-8-9-10-13(16(20)21-4-2)11-12-14(17)15(18)19/h11-12,17H,3-10H2,1-2H3,(H,18,19). The Morgan fingerprint density at radius 3 is 2.14 bits per heavy atom. The fourth-order valence-corrected chi connectivity index (χ4v) is 1.82. The van der Waals surface area contributed by atoms with Crippen molar-refractivity contribution in [3.05, 3.63) is 23.5 Å². The number of carbonyl (C=O) groups excluding carboxylic acids is 1. The molecule has 0 radical (unpaired) electrons. The van der Waals surface area contributed by atoms with Crippen molar-refractivity contribution in [1.29, 1.82) is 0 Å². The zero-order valence-electron chi connectivity index (χ0n) is 12.9. The van der Waals surface area contributed by atoms with Crippen LogP contribution in [0, 0.1) is 0 Å². The van der Waals surface area contributed by atoms with Gasteiger partial charge in [0.1, 0.15) is 0 Å². The summed E-state index contributed by atoms with van der Waals surface area (Å²) in [5.41, 5.74) is 0.389. The predicted molar refractivity (Wildman–Crippen MR) is 81.1 cm³/mol. The minimum atomic E-state index is -1.42. The Morgan fingerprint density at radius 2 is 1.57 bits per heavy atom. The number of rotatable bonds is 11. The third kappa shape index (κ3) is 9.71. The van der Waals surface area contributed by atoms with Crippen molar-refractivity contribution in [3.8, 4) is 0 Å². The van der Waals surface area contributed by atoms with Gasteiger partial charge in [-0.3, -0.25) is 0 Å². The Balaban J connectivity index is 4.47. The summed E-state index contributed by atoms with van der Waals surface area (Å²) >= 11 is 0. The number of unbranched alkanes of at least 4 members (excludes halogenated alkanes) is 5. The zero-order valence-corrected chi connectivity index (χ0v) is 12.9. The van der Waals surface area contributed by atoms with Crippen LogP contribution in [0.5, 0.6) is 0 Å². The molecule has 0 aliphatic rings. The molecule has 0 spiro atoms. The quantitative estimate of drug-likeness (QED) is 0.199. The molecular formula is C16H26O5. The summed E-state index contributed by atoms with van der Waals surface area (Å²) in [5, 5.41) is 17.7.